The fourth-order valence-corrected chi connectivity index (χ4v) is 8.82. The Balaban J connectivity index is 0.0000145. The van der Waals surface area contributed by atoms with Crippen LogP contribution in [-0.2, 0) is 56.0 Å². The van der Waals surface area contributed by atoms with Gasteiger partial charge in [0.05, 0.1) is 13.0 Å². The average Bonchev–Trinajstić information content (AvgIpc) is 3.27. The van der Waals surface area contributed by atoms with Crippen LogP contribution in [-0.4, -0.2) is 114 Å². The van der Waals surface area contributed by atoms with Gasteiger partial charge in [-0.1, -0.05) is 170 Å². The van der Waals surface area contributed by atoms with Crippen LogP contribution in [0.1, 0.15) is 179 Å². The molecule has 0 aliphatic carbocycles. The fraction of sp³-hybridized carbons (Fsp3) is 0.700. The van der Waals surface area contributed by atoms with Gasteiger partial charge in [0.1, 0.15) is 24.4 Å². The number of aliphatic hydroxyl groups is 2. The maximum absolute atomic E-state index is 13.7. The van der Waals surface area contributed by atoms with Crippen molar-refractivity contribution in [1.29, 1.82) is 0 Å². The van der Waals surface area contributed by atoms with Crippen molar-refractivity contribution in [2.24, 2.45) is 0 Å². The zero-order valence-corrected chi connectivity index (χ0v) is 39.3. The van der Waals surface area contributed by atoms with Crippen molar-refractivity contribution in [3.8, 4) is 0 Å². The number of aliphatic hydroxyl groups excluding tert-OH is 2. The normalized spacial score (nSPS) is 18.9. The van der Waals surface area contributed by atoms with Crippen molar-refractivity contribution in [3.05, 3.63) is 71.8 Å². The van der Waals surface area contributed by atoms with E-state index < -0.39 is 71.6 Å². The number of ether oxygens (including phenoxy) is 3. The van der Waals surface area contributed by atoms with Gasteiger partial charge < -0.3 is 29.7 Å². The summed E-state index contributed by atoms with van der Waals surface area (Å²) >= 11 is 0. The van der Waals surface area contributed by atoms with Gasteiger partial charge in [-0.25, -0.2) is 4.18 Å². The van der Waals surface area contributed by atoms with Crippen molar-refractivity contribution in [3.63, 3.8) is 0 Å². The molecule has 0 spiro atoms. The number of benzene rings is 2. The standard InChI is InChI=1S/C50H79NO12S.Na.H/c1-2-3-4-5-6-7-8-15-26-35-42(60-45(54)36-27-16-11-9-13-20-29-40-31-22-18-23-32-40)38-44(53)51-47-49(48(63-64(57,58)59)43(39-52)61-50(47)56)62-46(55)37-28-17-12-10-14-21-30-41-33-24-19-25-34-41;;/h18-19,22-25,31-34,42-43,47-50,52,56H,2-17,20-21,26-30,35-39H2,1H3,(H,51,53)(H,57,58,59);;/t42?,43-,47-,48+,49-,50-;;/m1../s1. The van der Waals surface area contributed by atoms with Gasteiger partial charge >= 0.3 is 51.9 Å². The Kier molecular flexibility index (Phi) is 32.3. The molecule has 2 aromatic rings. The molecule has 1 aliphatic heterocycles. The Morgan fingerprint density at radius 3 is 1.62 bits per heavy atom. The van der Waals surface area contributed by atoms with Crippen LogP contribution in [0, 0.1) is 0 Å². The molecule has 1 heterocycles. The number of esters is 2. The molecule has 1 fully saturated rings. The summed E-state index contributed by atoms with van der Waals surface area (Å²) in [6, 6.07) is 19.1. The van der Waals surface area contributed by atoms with E-state index in [0.717, 1.165) is 103 Å². The monoisotopic (exact) mass is 942 g/mol. The molecular formula is C50H80NNaO12S. The van der Waals surface area contributed by atoms with Crippen molar-refractivity contribution < 1.29 is 56.0 Å². The van der Waals surface area contributed by atoms with Crippen LogP contribution in [0.15, 0.2) is 60.7 Å². The molecule has 0 radical (unpaired) electrons. The molecule has 6 atom stereocenters. The van der Waals surface area contributed by atoms with Gasteiger partial charge in [-0.15, -0.1) is 0 Å². The SMILES string of the molecule is CCCCCCCCCCCC(CC(=O)N[C@@H]1[C@@H](OC(=O)CCCCCCCCc2ccccc2)[C@@H](OS(=O)(=O)O)[C@@H](CO)O[C@H]1O)OC(=O)CCCCCCCCc1ccccc1.[NaH]. The van der Waals surface area contributed by atoms with Crippen molar-refractivity contribution in [1.82, 2.24) is 5.32 Å². The van der Waals surface area contributed by atoms with E-state index in [1.807, 2.05) is 24.3 Å². The number of unbranched alkanes of at least 4 members (excludes halogenated alkanes) is 18. The summed E-state index contributed by atoms with van der Waals surface area (Å²) < 4.78 is 55.3. The van der Waals surface area contributed by atoms with E-state index in [9.17, 15) is 37.6 Å². The Morgan fingerprint density at radius 1 is 0.662 bits per heavy atom. The third-order valence-electron chi connectivity index (χ3n) is 11.9. The molecule has 0 aromatic heterocycles. The van der Waals surface area contributed by atoms with Crippen molar-refractivity contribution in [2.45, 2.75) is 217 Å². The first kappa shape index (κ1) is 58.7. The van der Waals surface area contributed by atoms with Gasteiger partial charge in [0.2, 0.25) is 5.91 Å². The van der Waals surface area contributed by atoms with Crippen LogP contribution in [0.25, 0.3) is 0 Å². The van der Waals surface area contributed by atoms with Crippen molar-refractivity contribution in [2.75, 3.05) is 6.61 Å². The Hall–Kier alpha value is -2.40. The van der Waals surface area contributed by atoms with E-state index in [4.69, 9.17) is 18.4 Å². The summed E-state index contributed by atoms with van der Waals surface area (Å²) in [5, 5.41) is 23.6. The van der Waals surface area contributed by atoms with Crippen LogP contribution in [0.4, 0.5) is 0 Å². The van der Waals surface area contributed by atoms with Crippen LogP contribution in [0.3, 0.4) is 0 Å². The summed E-state index contributed by atoms with van der Waals surface area (Å²) in [5.41, 5.74) is 2.64. The minimum atomic E-state index is -5.17. The topological polar surface area (TPSA) is 195 Å². The number of hydrogen-bond acceptors (Lipinski definition) is 11. The molecule has 4 N–H and O–H groups in total. The van der Waals surface area contributed by atoms with E-state index in [1.165, 1.54) is 43.2 Å². The van der Waals surface area contributed by atoms with Crippen LogP contribution in [0.5, 0.6) is 0 Å². The Morgan fingerprint density at radius 2 is 1.12 bits per heavy atom. The van der Waals surface area contributed by atoms with Gasteiger partial charge in [-0.2, -0.15) is 8.42 Å². The van der Waals surface area contributed by atoms with Crippen molar-refractivity contribution >= 4 is 57.8 Å². The zero-order valence-electron chi connectivity index (χ0n) is 38.5. The number of rotatable bonds is 36. The molecule has 1 amide bonds. The molecule has 0 saturated carbocycles. The molecule has 1 unspecified atom stereocenters. The van der Waals surface area contributed by atoms with E-state index in [1.54, 1.807) is 0 Å². The number of aryl methyl sites for hydroxylation is 2. The number of carbonyl (C=O) groups is 3. The predicted molar refractivity (Wildman–Crippen MR) is 255 cm³/mol. The third-order valence-corrected chi connectivity index (χ3v) is 12.4. The number of carbonyl (C=O) groups excluding carboxylic acids is 3. The first-order valence-electron chi connectivity index (χ1n) is 24.3. The molecule has 3 rings (SSSR count). The summed E-state index contributed by atoms with van der Waals surface area (Å²) in [4.78, 5) is 40.0. The average molecular weight is 942 g/mol. The van der Waals surface area contributed by atoms with Gasteiger partial charge in [0.15, 0.2) is 12.4 Å². The summed E-state index contributed by atoms with van der Waals surface area (Å²) in [5.74, 6) is -1.81. The van der Waals surface area contributed by atoms with Crippen LogP contribution >= 0.6 is 0 Å². The second-order valence-electron chi connectivity index (χ2n) is 17.4. The van der Waals surface area contributed by atoms with Gasteiger partial charge in [-0.05, 0) is 62.5 Å². The molecule has 13 nitrogen and oxygen atoms in total. The van der Waals surface area contributed by atoms with Gasteiger partial charge in [0.25, 0.3) is 0 Å². The second-order valence-corrected chi connectivity index (χ2v) is 18.5. The van der Waals surface area contributed by atoms with E-state index >= 15 is 0 Å². The van der Waals surface area contributed by atoms with Crippen LogP contribution in [0.2, 0.25) is 0 Å². The maximum atomic E-state index is 13.7. The van der Waals surface area contributed by atoms with Gasteiger partial charge in [0, 0.05) is 12.8 Å². The molecule has 0 bridgehead atoms. The first-order valence-corrected chi connectivity index (χ1v) is 25.7. The number of nitrogens with one attached hydrogen (secondary N) is 1. The minimum absolute atomic E-state index is 0. The summed E-state index contributed by atoms with van der Waals surface area (Å²) in [7, 11) is -5.17. The summed E-state index contributed by atoms with van der Waals surface area (Å²) in [6.45, 7) is 1.33. The van der Waals surface area contributed by atoms with E-state index in [0.29, 0.717) is 19.3 Å². The van der Waals surface area contributed by atoms with E-state index in [-0.39, 0.29) is 48.8 Å². The zero-order chi connectivity index (χ0) is 46.3. The molecule has 1 aliphatic rings. The Labute approximate surface area is 412 Å². The van der Waals surface area contributed by atoms with E-state index in [2.05, 4.69) is 48.6 Å². The molecule has 364 valence electrons. The molecule has 1 saturated heterocycles. The number of amides is 1. The second kappa shape index (κ2) is 35.7. The van der Waals surface area contributed by atoms with Crippen LogP contribution < -0.4 is 5.32 Å². The third kappa shape index (κ3) is 27.3. The molecular weight excluding hydrogens is 862 g/mol. The van der Waals surface area contributed by atoms with Gasteiger partial charge in [-0.3, -0.25) is 18.9 Å². The fourth-order valence-electron chi connectivity index (χ4n) is 8.31. The molecule has 15 heteroatoms. The first-order chi connectivity index (χ1) is 31.0. The molecule has 2 aromatic carbocycles. The Bertz CT molecular complexity index is 1650. The summed E-state index contributed by atoms with van der Waals surface area (Å²) in [6.07, 6.45) is 15.7. The number of hydrogen-bond donors (Lipinski definition) is 4. The quantitative estimate of drug-likeness (QED) is 0.0220. The molecule has 65 heavy (non-hydrogen) atoms. The predicted octanol–water partition coefficient (Wildman–Crippen LogP) is 8.80.